The molecule has 1 aliphatic rings. The summed E-state index contributed by atoms with van der Waals surface area (Å²) in [5, 5.41) is 1.42. The van der Waals surface area contributed by atoms with Crippen molar-refractivity contribution < 1.29 is 9.53 Å². The summed E-state index contributed by atoms with van der Waals surface area (Å²) >= 11 is 0. The number of carbonyl (C=O) groups excluding carboxylic acids is 1. The van der Waals surface area contributed by atoms with Gasteiger partial charge >= 0.3 is 5.97 Å². The van der Waals surface area contributed by atoms with Crippen LogP contribution in [0.1, 0.15) is 23.7 Å². The van der Waals surface area contributed by atoms with E-state index in [1.807, 2.05) is 12.3 Å². The summed E-state index contributed by atoms with van der Waals surface area (Å²) in [6.45, 7) is 6.11. The van der Waals surface area contributed by atoms with Gasteiger partial charge in [-0.25, -0.2) is 4.79 Å². The van der Waals surface area contributed by atoms with E-state index in [-0.39, 0.29) is 5.56 Å². The maximum Gasteiger partial charge on any atom is 0.337 e. The predicted octanol–water partition coefficient (Wildman–Crippen LogP) is 2.13. The number of esters is 1. The molecule has 0 N–H and O–H groups in total. The van der Waals surface area contributed by atoms with Crippen molar-refractivity contribution in [2.24, 2.45) is 5.92 Å². The molecule has 1 aromatic heterocycles. The van der Waals surface area contributed by atoms with Gasteiger partial charge in [0.2, 0.25) is 0 Å². The Kier molecular flexibility index (Phi) is 4.48. The minimum Gasteiger partial charge on any atom is -0.465 e. The summed E-state index contributed by atoms with van der Waals surface area (Å²) < 4.78 is 6.50. The zero-order chi connectivity index (χ0) is 16.4. The number of likely N-dealkylation sites (tertiary alicyclic amines) is 1. The Morgan fingerprint density at radius 3 is 2.87 bits per heavy atom. The lowest BCUT2D eigenvalue weighted by atomic mass is 10.1. The van der Waals surface area contributed by atoms with Crippen LogP contribution in [0.3, 0.4) is 0 Å². The highest BCUT2D eigenvalue weighted by Crippen LogP contribution is 2.18. The molecular weight excluding hydrogens is 292 g/mol. The number of aromatic nitrogens is 1. The first kappa shape index (κ1) is 15.7. The molecule has 5 nitrogen and oxygen atoms in total. The number of pyridine rings is 1. The van der Waals surface area contributed by atoms with E-state index in [9.17, 15) is 9.59 Å². The third-order valence-corrected chi connectivity index (χ3v) is 4.67. The quantitative estimate of drug-likeness (QED) is 0.811. The number of nitrogens with zero attached hydrogens (tertiary/aromatic N) is 2. The van der Waals surface area contributed by atoms with E-state index in [0.29, 0.717) is 16.9 Å². The second-order valence-corrected chi connectivity index (χ2v) is 6.11. The molecule has 0 spiro atoms. The van der Waals surface area contributed by atoms with E-state index in [1.165, 1.54) is 7.11 Å². The van der Waals surface area contributed by atoms with Crippen LogP contribution in [0, 0.1) is 5.92 Å². The highest BCUT2D eigenvalue weighted by atomic mass is 16.5. The highest BCUT2D eigenvalue weighted by molar-refractivity contribution is 5.95. The minimum atomic E-state index is -0.420. The Balaban J connectivity index is 1.91. The molecule has 0 saturated carbocycles. The molecule has 0 aliphatic carbocycles. The maximum atomic E-state index is 12.7. The predicted molar refractivity (Wildman–Crippen MR) is 89.8 cm³/mol. The van der Waals surface area contributed by atoms with E-state index in [2.05, 4.69) is 11.8 Å². The van der Waals surface area contributed by atoms with Crippen molar-refractivity contribution in [2.45, 2.75) is 19.9 Å². The Bertz CT molecular complexity index is 781. The van der Waals surface area contributed by atoms with Crippen LogP contribution in [0.25, 0.3) is 10.8 Å². The number of carbonyl (C=O) groups is 1. The number of rotatable bonds is 4. The first-order valence-corrected chi connectivity index (χ1v) is 8.06. The van der Waals surface area contributed by atoms with Crippen molar-refractivity contribution in [3.05, 3.63) is 46.4 Å². The van der Waals surface area contributed by atoms with Crippen LogP contribution >= 0.6 is 0 Å². The second kappa shape index (κ2) is 6.54. The number of fused-ring (bicyclic) bond motifs is 1. The molecule has 23 heavy (non-hydrogen) atoms. The molecular formula is C18H22N2O3. The molecule has 122 valence electrons. The van der Waals surface area contributed by atoms with Crippen molar-refractivity contribution in [2.75, 3.05) is 26.7 Å². The first-order valence-electron chi connectivity index (χ1n) is 8.06. The molecule has 0 radical (unpaired) electrons. The molecule has 1 aliphatic heterocycles. The average molecular weight is 314 g/mol. The molecule has 0 amide bonds. The number of benzene rings is 1. The summed E-state index contributed by atoms with van der Waals surface area (Å²) in [5.74, 6) is 0.0879. The minimum absolute atomic E-state index is 0.0387. The third kappa shape index (κ3) is 3.15. The number of methoxy groups -OCH3 is 1. The molecule has 0 unspecified atom stereocenters. The molecule has 1 fully saturated rings. The van der Waals surface area contributed by atoms with Gasteiger partial charge in [-0.1, -0.05) is 13.0 Å². The fourth-order valence-electron chi connectivity index (χ4n) is 3.30. The fourth-order valence-corrected chi connectivity index (χ4v) is 3.30. The van der Waals surface area contributed by atoms with Gasteiger partial charge in [0.15, 0.2) is 0 Å². The van der Waals surface area contributed by atoms with Crippen molar-refractivity contribution in [3.8, 4) is 0 Å². The largest absolute Gasteiger partial charge is 0.465 e. The molecule has 3 rings (SSSR count). The number of hydrogen-bond donors (Lipinski definition) is 0. The monoisotopic (exact) mass is 314 g/mol. The molecule has 1 saturated heterocycles. The highest BCUT2D eigenvalue weighted by Gasteiger charge is 2.22. The third-order valence-electron chi connectivity index (χ3n) is 4.67. The number of hydrogen-bond acceptors (Lipinski definition) is 4. The lowest BCUT2D eigenvalue weighted by molar-refractivity contribution is 0.0601. The van der Waals surface area contributed by atoms with E-state index in [4.69, 9.17) is 4.74 Å². The normalized spacial score (nSPS) is 18.4. The summed E-state index contributed by atoms with van der Waals surface area (Å²) in [7, 11) is 1.34. The van der Waals surface area contributed by atoms with E-state index >= 15 is 0 Å². The zero-order valence-corrected chi connectivity index (χ0v) is 13.6. The first-order chi connectivity index (χ1) is 11.1. The van der Waals surface area contributed by atoms with Gasteiger partial charge in [-0.15, -0.1) is 0 Å². The second-order valence-electron chi connectivity index (χ2n) is 6.11. The van der Waals surface area contributed by atoms with Crippen molar-refractivity contribution in [3.63, 3.8) is 0 Å². The summed E-state index contributed by atoms with van der Waals surface area (Å²) in [6.07, 6.45) is 2.98. The van der Waals surface area contributed by atoms with Gasteiger partial charge in [-0.3, -0.25) is 4.79 Å². The smallest absolute Gasteiger partial charge is 0.337 e. The lowest BCUT2D eigenvalue weighted by Crippen LogP contribution is -2.26. The SMILES string of the molecule is CCN1CC[C@@H](Cn2ccc3ccc(C(=O)OC)cc3c2=O)C1. The van der Waals surface area contributed by atoms with E-state index in [0.717, 1.165) is 38.0 Å². The summed E-state index contributed by atoms with van der Waals surface area (Å²) in [5.41, 5.74) is 0.371. The van der Waals surface area contributed by atoms with Gasteiger partial charge in [0.25, 0.3) is 5.56 Å². The van der Waals surface area contributed by atoms with Gasteiger partial charge in [0.05, 0.1) is 12.7 Å². The van der Waals surface area contributed by atoms with Crippen LogP contribution in [-0.4, -0.2) is 42.2 Å². The zero-order valence-electron chi connectivity index (χ0n) is 13.6. The van der Waals surface area contributed by atoms with Crippen LogP contribution in [-0.2, 0) is 11.3 Å². The van der Waals surface area contributed by atoms with Crippen LogP contribution in [0.4, 0.5) is 0 Å². The van der Waals surface area contributed by atoms with Gasteiger partial charge < -0.3 is 14.2 Å². The standard InChI is InChI=1S/C18H22N2O3/c1-3-19-8-6-13(11-19)12-20-9-7-14-4-5-15(18(22)23-2)10-16(14)17(20)21/h4-5,7,9-10,13H,3,6,8,11-12H2,1-2H3/t13-/m1/s1. The van der Waals surface area contributed by atoms with Crippen molar-refractivity contribution >= 4 is 16.7 Å². The Morgan fingerprint density at radius 2 is 2.17 bits per heavy atom. The lowest BCUT2D eigenvalue weighted by Gasteiger charge is -2.15. The summed E-state index contributed by atoms with van der Waals surface area (Å²) in [4.78, 5) is 26.8. The molecule has 1 aromatic carbocycles. The summed E-state index contributed by atoms with van der Waals surface area (Å²) in [6, 6.07) is 7.05. The maximum absolute atomic E-state index is 12.7. The Labute approximate surface area is 135 Å². The van der Waals surface area contributed by atoms with Crippen LogP contribution in [0.2, 0.25) is 0 Å². The van der Waals surface area contributed by atoms with E-state index < -0.39 is 5.97 Å². The molecule has 0 bridgehead atoms. The number of ether oxygens (including phenoxy) is 1. The van der Waals surface area contributed by atoms with Crippen molar-refractivity contribution in [1.82, 2.24) is 9.47 Å². The topological polar surface area (TPSA) is 51.5 Å². The average Bonchev–Trinajstić information content (AvgIpc) is 3.04. The van der Waals surface area contributed by atoms with Gasteiger partial charge in [0.1, 0.15) is 0 Å². The van der Waals surface area contributed by atoms with Crippen molar-refractivity contribution in [1.29, 1.82) is 0 Å². The van der Waals surface area contributed by atoms with Crippen LogP contribution in [0.15, 0.2) is 35.3 Å². The molecule has 5 heteroatoms. The van der Waals surface area contributed by atoms with Crippen LogP contribution < -0.4 is 5.56 Å². The van der Waals surface area contributed by atoms with Gasteiger partial charge in [-0.05, 0) is 49.0 Å². The molecule has 2 aromatic rings. The van der Waals surface area contributed by atoms with Gasteiger partial charge in [-0.2, -0.15) is 0 Å². The molecule has 2 heterocycles. The Morgan fingerprint density at radius 1 is 1.35 bits per heavy atom. The van der Waals surface area contributed by atoms with Crippen LogP contribution in [0.5, 0.6) is 0 Å². The van der Waals surface area contributed by atoms with Gasteiger partial charge in [0, 0.05) is 24.7 Å². The fraction of sp³-hybridized carbons (Fsp3) is 0.444. The Hall–Kier alpha value is -2.14. The van der Waals surface area contributed by atoms with E-state index in [1.54, 1.807) is 22.8 Å². The molecule has 1 atom stereocenters.